The lowest BCUT2D eigenvalue weighted by atomic mass is 9.81. The molecule has 0 fully saturated rings. The van der Waals surface area contributed by atoms with Crippen LogP contribution < -0.4 is 9.47 Å². The van der Waals surface area contributed by atoms with Crippen LogP contribution in [0.5, 0.6) is 11.5 Å². The number of aliphatic hydroxyl groups is 1. The summed E-state index contributed by atoms with van der Waals surface area (Å²) < 4.78 is 80.8. The molecular formula is C28H27ClF6N2O4. The monoisotopic (exact) mass is 604 g/mol. The van der Waals surface area contributed by atoms with E-state index in [2.05, 4.69) is 14.5 Å². The second kappa shape index (κ2) is 12.3. The second-order valence-electron chi connectivity index (χ2n) is 9.83. The molecule has 0 aliphatic heterocycles. The molecule has 41 heavy (non-hydrogen) atoms. The summed E-state index contributed by atoms with van der Waals surface area (Å²) >= 11 is 0. The fourth-order valence-electron chi connectivity index (χ4n) is 5.19. The number of pyridine rings is 1. The highest BCUT2D eigenvalue weighted by molar-refractivity contribution is 6.00. The van der Waals surface area contributed by atoms with Crippen LogP contribution in [0.3, 0.4) is 0 Å². The van der Waals surface area contributed by atoms with Crippen molar-refractivity contribution in [3.8, 4) is 11.5 Å². The van der Waals surface area contributed by atoms with Crippen molar-refractivity contribution in [2.75, 3.05) is 20.6 Å². The summed E-state index contributed by atoms with van der Waals surface area (Å²) in [7, 11) is 3.79. The minimum atomic E-state index is -4.74. The van der Waals surface area contributed by atoms with Gasteiger partial charge in [0.05, 0.1) is 0 Å². The van der Waals surface area contributed by atoms with Gasteiger partial charge >= 0.3 is 12.7 Å². The number of fused-ring (bicyclic) bond motifs is 2. The number of hydrogen-bond donors (Lipinski definition) is 1. The highest BCUT2D eigenvalue weighted by atomic mass is 35.5. The van der Waals surface area contributed by atoms with Crippen LogP contribution in [0.25, 0.3) is 0 Å². The molecule has 222 valence electrons. The third kappa shape index (κ3) is 7.69. The average molecular weight is 605 g/mol. The Morgan fingerprint density at radius 3 is 2.12 bits per heavy atom. The normalized spacial score (nSPS) is 19.6. The van der Waals surface area contributed by atoms with Gasteiger partial charge in [0.25, 0.3) is 0 Å². The Labute approximate surface area is 238 Å². The van der Waals surface area contributed by atoms with Gasteiger partial charge in [-0.15, -0.1) is 38.7 Å². The first-order valence-corrected chi connectivity index (χ1v) is 12.2. The number of Topliss-reactive ketones (excluding diaryl/α,β-unsaturated/α-hetero) is 1. The lowest BCUT2D eigenvalue weighted by Gasteiger charge is -2.33. The predicted molar refractivity (Wildman–Crippen MR) is 139 cm³/mol. The number of aromatic nitrogens is 1. The fraction of sp³-hybridized carbons (Fsp3) is 0.357. The Hall–Kier alpha value is -3.35. The lowest BCUT2D eigenvalue weighted by Crippen LogP contribution is -2.38. The maximum absolute atomic E-state index is 12.5. The first-order chi connectivity index (χ1) is 18.7. The number of benzene rings is 2. The van der Waals surface area contributed by atoms with Gasteiger partial charge in [0.2, 0.25) is 0 Å². The molecule has 0 bridgehead atoms. The van der Waals surface area contributed by atoms with E-state index in [9.17, 15) is 36.2 Å². The van der Waals surface area contributed by atoms with E-state index in [1.165, 1.54) is 30.3 Å². The standard InChI is InChI=1S/C18H19F3N2O2.C10H7F3O2.ClH/c1-23(2)11-14-8-12-9-15(25-18(19,20)21)5-6-16(12)17(14,24)13-4-3-7-22-10-13;11-10(12,13)15-7-2-3-8-6(5-7)1-4-9(8)14;/h3-7,9-10,14,24H,8,11H2,1-2H3;2-3,5H,1,4H2;1H. The van der Waals surface area contributed by atoms with Crippen LogP contribution in [0, 0.1) is 5.92 Å². The van der Waals surface area contributed by atoms with E-state index in [0.717, 1.165) is 6.07 Å². The Kier molecular flexibility index (Phi) is 9.62. The molecule has 0 radical (unpaired) electrons. The summed E-state index contributed by atoms with van der Waals surface area (Å²) in [5.74, 6) is -0.771. The molecular weight excluding hydrogens is 578 g/mol. The molecule has 0 spiro atoms. The Bertz CT molecular complexity index is 1370. The zero-order chi connectivity index (χ0) is 29.3. The number of ketones is 1. The van der Waals surface area contributed by atoms with Crippen LogP contribution in [0.15, 0.2) is 60.9 Å². The van der Waals surface area contributed by atoms with Gasteiger partial charge in [-0.3, -0.25) is 9.78 Å². The van der Waals surface area contributed by atoms with E-state index in [0.29, 0.717) is 53.6 Å². The lowest BCUT2D eigenvalue weighted by molar-refractivity contribution is -0.275. The van der Waals surface area contributed by atoms with Crippen molar-refractivity contribution in [3.63, 3.8) is 0 Å². The third-order valence-corrected chi connectivity index (χ3v) is 6.70. The molecule has 2 aliphatic rings. The fourth-order valence-corrected chi connectivity index (χ4v) is 5.19. The van der Waals surface area contributed by atoms with Crippen molar-refractivity contribution in [2.45, 2.75) is 37.6 Å². The summed E-state index contributed by atoms with van der Waals surface area (Å²) in [6.07, 6.45) is -4.91. The highest BCUT2D eigenvalue weighted by Crippen LogP contribution is 2.47. The van der Waals surface area contributed by atoms with Crippen molar-refractivity contribution < 1.29 is 45.7 Å². The van der Waals surface area contributed by atoms with Crippen LogP contribution in [-0.4, -0.2) is 54.1 Å². The van der Waals surface area contributed by atoms with Crippen LogP contribution in [-0.2, 0) is 18.4 Å². The predicted octanol–water partition coefficient (Wildman–Crippen LogP) is 6.09. The quantitative estimate of drug-likeness (QED) is 0.356. The summed E-state index contributed by atoms with van der Waals surface area (Å²) in [5, 5.41) is 11.5. The van der Waals surface area contributed by atoms with Gasteiger partial charge in [0.1, 0.15) is 17.1 Å². The largest absolute Gasteiger partial charge is 0.573 e. The molecule has 2 aliphatic carbocycles. The number of halogens is 7. The van der Waals surface area contributed by atoms with Crippen LogP contribution >= 0.6 is 12.4 Å². The molecule has 0 saturated heterocycles. The number of carbonyl (C=O) groups excluding carboxylic acids is 1. The molecule has 1 aromatic heterocycles. The number of ether oxygens (including phenoxy) is 2. The average Bonchev–Trinajstić information content (AvgIpc) is 3.34. The molecule has 1 N–H and O–H groups in total. The van der Waals surface area contributed by atoms with Gasteiger partial charge in [-0.25, -0.2) is 0 Å². The topological polar surface area (TPSA) is 71.9 Å². The first-order valence-electron chi connectivity index (χ1n) is 12.2. The van der Waals surface area contributed by atoms with Crippen molar-refractivity contribution in [3.05, 3.63) is 88.7 Å². The number of carbonyl (C=O) groups is 1. The van der Waals surface area contributed by atoms with E-state index in [1.54, 1.807) is 24.5 Å². The zero-order valence-electron chi connectivity index (χ0n) is 21.9. The van der Waals surface area contributed by atoms with Gasteiger partial charge in [-0.05, 0) is 80.0 Å². The molecule has 2 unspecified atom stereocenters. The first kappa shape index (κ1) is 32.2. The van der Waals surface area contributed by atoms with E-state index in [1.807, 2.05) is 19.0 Å². The van der Waals surface area contributed by atoms with Gasteiger partial charge in [0.15, 0.2) is 5.78 Å². The molecule has 0 saturated carbocycles. The minimum absolute atomic E-state index is 0. The van der Waals surface area contributed by atoms with Crippen LogP contribution in [0.4, 0.5) is 26.3 Å². The molecule has 6 nitrogen and oxygen atoms in total. The minimum Gasteiger partial charge on any atom is -0.406 e. The third-order valence-electron chi connectivity index (χ3n) is 6.70. The molecule has 1 heterocycles. The molecule has 2 aromatic carbocycles. The van der Waals surface area contributed by atoms with Gasteiger partial charge < -0.3 is 19.5 Å². The summed E-state index contributed by atoms with van der Waals surface area (Å²) in [6, 6.07) is 11.4. The number of rotatable bonds is 5. The van der Waals surface area contributed by atoms with Crippen molar-refractivity contribution in [1.29, 1.82) is 0 Å². The highest BCUT2D eigenvalue weighted by Gasteiger charge is 2.47. The zero-order valence-corrected chi connectivity index (χ0v) is 22.7. The number of alkyl halides is 6. The van der Waals surface area contributed by atoms with E-state index in [-0.39, 0.29) is 35.6 Å². The Morgan fingerprint density at radius 1 is 0.951 bits per heavy atom. The number of aryl methyl sites for hydroxylation is 1. The van der Waals surface area contributed by atoms with E-state index < -0.39 is 18.3 Å². The second-order valence-corrected chi connectivity index (χ2v) is 9.83. The van der Waals surface area contributed by atoms with Crippen LogP contribution in [0.2, 0.25) is 0 Å². The van der Waals surface area contributed by atoms with E-state index in [4.69, 9.17) is 0 Å². The summed E-state index contributed by atoms with van der Waals surface area (Å²) in [6.45, 7) is 0.579. The van der Waals surface area contributed by atoms with Crippen molar-refractivity contribution in [1.82, 2.24) is 9.88 Å². The van der Waals surface area contributed by atoms with Gasteiger partial charge in [-0.1, -0.05) is 12.1 Å². The number of nitrogens with zero attached hydrogens (tertiary/aromatic N) is 2. The number of hydrogen-bond acceptors (Lipinski definition) is 6. The van der Waals surface area contributed by atoms with Crippen molar-refractivity contribution in [2.24, 2.45) is 5.92 Å². The van der Waals surface area contributed by atoms with Gasteiger partial charge in [0, 0.05) is 42.4 Å². The van der Waals surface area contributed by atoms with E-state index >= 15 is 0 Å². The SMILES string of the molecule is CN(C)CC1Cc2cc(OC(F)(F)F)ccc2C1(O)c1cccnc1.Cl.O=C1CCc2cc(OC(F)(F)F)ccc21. The molecule has 2 atom stereocenters. The van der Waals surface area contributed by atoms with Crippen molar-refractivity contribution >= 4 is 18.2 Å². The maximum atomic E-state index is 12.5. The molecule has 13 heteroatoms. The maximum Gasteiger partial charge on any atom is 0.573 e. The Balaban J connectivity index is 0.000000248. The smallest absolute Gasteiger partial charge is 0.406 e. The van der Waals surface area contributed by atoms with Crippen LogP contribution in [0.1, 0.15) is 39.0 Å². The molecule has 3 aromatic rings. The Morgan fingerprint density at radius 2 is 1.56 bits per heavy atom. The summed E-state index contributed by atoms with van der Waals surface area (Å²) in [4.78, 5) is 17.2. The molecule has 5 rings (SSSR count). The summed E-state index contributed by atoms with van der Waals surface area (Å²) in [5.41, 5.74) is 1.71. The van der Waals surface area contributed by atoms with Gasteiger partial charge in [-0.2, -0.15) is 0 Å². The molecule has 0 amide bonds.